The fourth-order valence-corrected chi connectivity index (χ4v) is 7.36. The Balaban J connectivity index is 1.07. The zero-order valence-corrected chi connectivity index (χ0v) is 39.5. The average Bonchev–Trinajstić information content (AvgIpc) is 3.32. The number of aliphatic imine (C=N–C) groups is 2. The van der Waals surface area contributed by atoms with Gasteiger partial charge in [0.1, 0.15) is 0 Å². The Bertz CT molecular complexity index is 2190. The molecule has 12 heteroatoms. The summed E-state index contributed by atoms with van der Waals surface area (Å²) in [4.78, 5) is 34.9. The van der Waals surface area contributed by atoms with Crippen LogP contribution in [-0.4, -0.2) is 37.6 Å². The van der Waals surface area contributed by atoms with Crippen molar-refractivity contribution in [3.05, 3.63) is 141 Å². The molecule has 0 atom stereocenters. The number of nitrogens with zero attached hydrogens (tertiary/aromatic N) is 2. The van der Waals surface area contributed by atoms with Crippen LogP contribution in [0.5, 0.6) is 23.0 Å². The quantitative estimate of drug-likeness (QED) is 0.0214. The first-order chi connectivity index (χ1) is 32.1. The highest BCUT2D eigenvalue weighted by atomic mass is 35.5. The topological polar surface area (TPSA) is 95.8 Å². The van der Waals surface area contributed by atoms with Gasteiger partial charge in [0, 0.05) is 30.6 Å². The van der Waals surface area contributed by atoms with Crippen molar-refractivity contribution in [3.63, 3.8) is 0 Å². The molecular weight excluding hydrogens is 882 g/mol. The van der Waals surface area contributed by atoms with Gasteiger partial charge in [-0.05, 0) is 78.6 Å². The number of rotatable bonds is 28. The van der Waals surface area contributed by atoms with E-state index in [0.717, 1.165) is 38.5 Å². The van der Waals surface area contributed by atoms with Gasteiger partial charge < -0.3 is 18.9 Å². The molecule has 0 saturated carbocycles. The van der Waals surface area contributed by atoms with E-state index in [1.54, 1.807) is 85.2 Å². The zero-order chi connectivity index (χ0) is 46.9. The van der Waals surface area contributed by atoms with Gasteiger partial charge in [-0.15, -0.1) is 0 Å². The summed E-state index contributed by atoms with van der Waals surface area (Å²) in [6.07, 6.45) is 22.0. The van der Waals surface area contributed by atoms with Crippen LogP contribution < -0.4 is 18.9 Å². The van der Waals surface area contributed by atoms with E-state index in [4.69, 9.17) is 42.1 Å². The Labute approximate surface area is 398 Å². The number of halogens is 4. The van der Waals surface area contributed by atoms with Crippen LogP contribution in [0, 0.1) is 11.6 Å². The van der Waals surface area contributed by atoms with Gasteiger partial charge in [-0.3, -0.25) is 9.98 Å². The average molecular weight is 942 g/mol. The predicted octanol–water partition coefficient (Wildman–Crippen LogP) is 16.3. The number of benzene rings is 5. The van der Waals surface area contributed by atoms with Crippen molar-refractivity contribution in [2.24, 2.45) is 9.98 Å². The van der Waals surface area contributed by atoms with Gasteiger partial charge in [0.2, 0.25) is 0 Å². The highest BCUT2D eigenvalue weighted by molar-refractivity contribution is 6.36. The standard InChI is InChI=1S/C54H60Cl2F2N2O6/c1-3-5-7-9-11-13-15-17-31-63-49-29-27-43(33-47(49)57)59-37-39-19-23-41(24-20-39)53(61)65-51-36-52(46(56)35-45(51)55)66-54(62)42-25-21-40(22-26-42)38-60-44-28-30-50(48(58)34-44)64-32-18-16-14-12-10-8-6-4-2/h19-30,33-38H,3-18,31-32H2,1-2H3. The third kappa shape index (κ3) is 17.7. The zero-order valence-electron chi connectivity index (χ0n) is 38.0. The molecule has 0 N–H and O–H groups in total. The smallest absolute Gasteiger partial charge is 0.343 e. The molecule has 0 heterocycles. The normalized spacial score (nSPS) is 11.4. The fraction of sp³-hybridized carbons (Fsp3) is 0.370. The van der Waals surface area contributed by atoms with E-state index in [1.165, 1.54) is 88.5 Å². The lowest BCUT2D eigenvalue weighted by molar-refractivity contribution is 0.0732. The van der Waals surface area contributed by atoms with E-state index in [0.29, 0.717) is 35.7 Å². The summed E-state index contributed by atoms with van der Waals surface area (Å²) >= 11 is 12.7. The Hall–Kier alpha value is -5.58. The molecule has 66 heavy (non-hydrogen) atoms. The second-order valence-corrected chi connectivity index (χ2v) is 16.9. The number of carbonyl (C=O) groups excluding carboxylic acids is 2. The molecular formula is C54H60Cl2F2N2O6. The summed E-state index contributed by atoms with van der Waals surface area (Å²) < 4.78 is 51.8. The predicted molar refractivity (Wildman–Crippen MR) is 263 cm³/mol. The van der Waals surface area contributed by atoms with E-state index in [9.17, 15) is 18.4 Å². The molecule has 0 aromatic heterocycles. The highest BCUT2D eigenvalue weighted by Crippen LogP contribution is 2.37. The summed E-state index contributed by atoms with van der Waals surface area (Å²) in [5.74, 6) is -2.14. The SMILES string of the molecule is CCCCCCCCCCOc1ccc(N=Cc2ccc(C(=O)Oc3cc(OC(=O)c4ccc(C=Nc5ccc(OCCCCCCCCCC)c(F)c5)cc4)c(Cl)cc3Cl)cc2)cc1F. The van der Waals surface area contributed by atoms with Crippen LogP contribution in [0.1, 0.15) is 148 Å². The maximum absolute atomic E-state index is 14.7. The Morgan fingerprint density at radius 2 is 0.833 bits per heavy atom. The lowest BCUT2D eigenvalue weighted by atomic mass is 10.1. The molecule has 0 saturated heterocycles. The van der Waals surface area contributed by atoms with Gasteiger partial charge in [0.25, 0.3) is 0 Å². The van der Waals surface area contributed by atoms with Crippen LogP contribution in [0.4, 0.5) is 20.2 Å². The summed E-state index contributed by atoms with van der Waals surface area (Å²) in [6.45, 7) is 5.35. The molecule has 350 valence electrons. The molecule has 0 radical (unpaired) electrons. The van der Waals surface area contributed by atoms with Crippen molar-refractivity contribution < 1.29 is 37.3 Å². The number of unbranched alkanes of at least 4 members (excludes halogenated alkanes) is 14. The first kappa shape index (κ1) is 51.4. The molecule has 5 aromatic carbocycles. The monoisotopic (exact) mass is 940 g/mol. The fourth-order valence-electron chi connectivity index (χ4n) is 6.90. The Kier molecular flexibility index (Phi) is 22.2. The number of esters is 2. The minimum absolute atomic E-state index is 0.0261. The lowest BCUT2D eigenvalue weighted by Gasteiger charge is -2.11. The molecule has 8 nitrogen and oxygen atoms in total. The Morgan fingerprint density at radius 3 is 1.20 bits per heavy atom. The highest BCUT2D eigenvalue weighted by Gasteiger charge is 2.18. The molecule has 5 rings (SSSR count). The van der Waals surface area contributed by atoms with Crippen molar-refractivity contribution in [1.29, 1.82) is 0 Å². The molecule has 0 aliphatic carbocycles. The van der Waals surface area contributed by atoms with Gasteiger partial charge in [0.05, 0.1) is 45.8 Å². The number of ether oxygens (including phenoxy) is 4. The van der Waals surface area contributed by atoms with E-state index < -0.39 is 23.6 Å². The number of hydrogen-bond donors (Lipinski definition) is 0. The molecule has 5 aromatic rings. The molecule has 0 spiro atoms. The van der Waals surface area contributed by atoms with Crippen LogP contribution in [0.3, 0.4) is 0 Å². The number of carbonyl (C=O) groups is 2. The van der Waals surface area contributed by atoms with Crippen molar-refractivity contribution in [1.82, 2.24) is 0 Å². The van der Waals surface area contributed by atoms with Crippen LogP contribution in [-0.2, 0) is 0 Å². The maximum atomic E-state index is 14.7. The second-order valence-electron chi connectivity index (χ2n) is 16.1. The van der Waals surface area contributed by atoms with Crippen LogP contribution in [0.25, 0.3) is 0 Å². The van der Waals surface area contributed by atoms with Crippen LogP contribution in [0.15, 0.2) is 107 Å². The van der Waals surface area contributed by atoms with Crippen molar-refractivity contribution in [2.45, 2.75) is 117 Å². The molecule has 0 bridgehead atoms. The van der Waals surface area contributed by atoms with E-state index in [2.05, 4.69) is 23.8 Å². The van der Waals surface area contributed by atoms with Crippen molar-refractivity contribution >= 4 is 58.9 Å². The minimum Gasteiger partial charge on any atom is -0.491 e. The van der Waals surface area contributed by atoms with Crippen LogP contribution >= 0.6 is 23.2 Å². The van der Waals surface area contributed by atoms with Gasteiger partial charge in [-0.2, -0.15) is 0 Å². The van der Waals surface area contributed by atoms with Gasteiger partial charge in [-0.1, -0.05) is 151 Å². The third-order valence-corrected chi connectivity index (χ3v) is 11.3. The summed E-state index contributed by atoms with van der Waals surface area (Å²) in [7, 11) is 0. The van der Waals surface area contributed by atoms with Gasteiger partial charge >= 0.3 is 11.9 Å². The molecule has 0 aliphatic heterocycles. The molecule has 0 unspecified atom stereocenters. The lowest BCUT2D eigenvalue weighted by Crippen LogP contribution is -2.11. The second kappa shape index (κ2) is 28.5. The molecule has 0 fully saturated rings. The summed E-state index contributed by atoms with van der Waals surface area (Å²) in [6, 6.07) is 24.6. The number of hydrogen-bond acceptors (Lipinski definition) is 8. The van der Waals surface area contributed by atoms with Crippen molar-refractivity contribution in [2.75, 3.05) is 13.2 Å². The Morgan fingerprint density at radius 1 is 0.470 bits per heavy atom. The van der Waals surface area contributed by atoms with E-state index in [1.807, 2.05) is 0 Å². The first-order valence-electron chi connectivity index (χ1n) is 23.2. The van der Waals surface area contributed by atoms with Gasteiger partial charge in [-0.25, -0.2) is 18.4 Å². The van der Waals surface area contributed by atoms with E-state index in [-0.39, 0.29) is 44.2 Å². The maximum Gasteiger partial charge on any atom is 0.343 e. The van der Waals surface area contributed by atoms with E-state index >= 15 is 0 Å². The minimum atomic E-state index is -0.719. The largest absolute Gasteiger partial charge is 0.491 e. The van der Waals surface area contributed by atoms with Crippen LogP contribution in [0.2, 0.25) is 10.0 Å². The van der Waals surface area contributed by atoms with Gasteiger partial charge in [0.15, 0.2) is 34.6 Å². The molecule has 0 aliphatic rings. The summed E-state index contributed by atoms with van der Waals surface area (Å²) in [5.41, 5.74) is 2.58. The summed E-state index contributed by atoms with van der Waals surface area (Å²) in [5, 5.41) is 0.0522. The first-order valence-corrected chi connectivity index (χ1v) is 24.0. The van der Waals surface area contributed by atoms with Crippen molar-refractivity contribution in [3.8, 4) is 23.0 Å². The molecule has 0 amide bonds. The third-order valence-electron chi connectivity index (χ3n) is 10.8.